The van der Waals surface area contributed by atoms with Gasteiger partial charge in [0.05, 0.1) is 6.10 Å². The number of allylic oxidation sites excluding steroid dienone is 1. The second-order valence-electron chi connectivity index (χ2n) is 8.94. The summed E-state index contributed by atoms with van der Waals surface area (Å²) in [5, 5.41) is 10.7. The Morgan fingerprint density at radius 2 is 1.83 bits per heavy atom. The van der Waals surface area contributed by atoms with Crippen LogP contribution in [0, 0.1) is 34.9 Å². The van der Waals surface area contributed by atoms with E-state index in [0.717, 1.165) is 36.0 Å². The Balaban J connectivity index is 1.55. The SMILES string of the molecule is CC1C(=O)C(=Cc2ccc(C#Cc3cccc(F)c3)cc2)C[C@@]2(C)C1CCC[C@@H]2O. The molecule has 0 heterocycles. The van der Waals surface area contributed by atoms with Crippen molar-refractivity contribution >= 4 is 11.9 Å². The van der Waals surface area contributed by atoms with E-state index in [0.29, 0.717) is 12.0 Å². The van der Waals surface area contributed by atoms with E-state index >= 15 is 0 Å². The van der Waals surface area contributed by atoms with Crippen LogP contribution in [0.3, 0.4) is 0 Å². The largest absolute Gasteiger partial charge is 0.393 e. The maximum atomic E-state index is 13.3. The molecule has 0 aromatic heterocycles. The van der Waals surface area contributed by atoms with Crippen LogP contribution in [0.4, 0.5) is 4.39 Å². The molecule has 2 nitrogen and oxygen atoms in total. The Labute approximate surface area is 177 Å². The molecule has 30 heavy (non-hydrogen) atoms. The van der Waals surface area contributed by atoms with Crippen LogP contribution in [0.2, 0.25) is 0 Å². The second kappa shape index (κ2) is 8.20. The van der Waals surface area contributed by atoms with E-state index in [1.165, 1.54) is 12.1 Å². The van der Waals surface area contributed by atoms with Gasteiger partial charge in [0.2, 0.25) is 0 Å². The lowest BCUT2D eigenvalue weighted by atomic mass is 9.54. The summed E-state index contributed by atoms with van der Waals surface area (Å²) in [6.07, 6.45) is 5.08. The number of carbonyl (C=O) groups excluding carboxylic acids is 1. The molecule has 4 atom stereocenters. The van der Waals surface area contributed by atoms with Gasteiger partial charge in [-0.2, -0.15) is 0 Å². The van der Waals surface area contributed by atoms with Crippen LogP contribution in [0.1, 0.15) is 56.2 Å². The summed E-state index contributed by atoms with van der Waals surface area (Å²) in [5.74, 6) is 6.13. The molecule has 4 rings (SSSR count). The molecule has 1 N–H and O–H groups in total. The number of hydrogen-bond donors (Lipinski definition) is 1. The zero-order valence-electron chi connectivity index (χ0n) is 17.5. The summed E-state index contributed by atoms with van der Waals surface area (Å²) in [5.41, 5.74) is 3.00. The number of hydrogen-bond acceptors (Lipinski definition) is 2. The minimum atomic E-state index is -0.351. The Bertz CT molecular complexity index is 1040. The summed E-state index contributed by atoms with van der Waals surface area (Å²) >= 11 is 0. The highest BCUT2D eigenvalue weighted by molar-refractivity contribution is 6.02. The lowest BCUT2D eigenvalue weighted by Gasteiger charge is -2.51. The Kier molecular flexibility index (Phi) is 5.62. The van der Waals surface area contributed by atoms with Gasteiger partial charge in [-0.3, -0.25) is 4.79 Å². The van der Waals surface area contributed by atoms with Gasteiger partial charge < -0.3 is 5.11 Å². The third-order valence-corrected chi connectivity index (χ3v) is 6.93. The first-order valence-corrected chi connectivity index (χ1v) is 10.7. The zero-order valence-corrected chi connectivity index (χ0v) is 17.5. The van der Waals surface area contributed by atoms with Crippen molar-refractivity contribution in [2.45, 2.75) is 45.6 Å². The zero-order chi connectivity index (χ0) is 21.3. The van der Waals surface area contributed by atoms with E-state index in [4.69, 9.17) is 0 Å². The lowest BCUT2D eigenvalue weighted by molar-refractivity contribution is -0.133. The maximum absolute atomic E-state index is 13.3. The smallest absolute Gasteiger partial charge is 0.161 e. The molecular formula is C27H27FO2. The molecule has 2 aliphatic carbocycles. The molecule has 154 valence electrons. The lowest BCUT2D eigenvalue weighted by Crippen LogP contribution is -2.51. The van der Waals surface area contributed by atoms with E-state index in [2.05, 4.69) is 18.8 Å². The van der Waals surface area contributed by atoms with Gasteiger partial charge in [0.25, 0.3) is 0 Å². The van der Waals surface area contributed by atoms with E-state index in [-0.39, 0.29) is 35.0 Å². The summed E-state index contributed by atoms with van der Waals surface area (Å²) in [4.78, 5) is 13.0. The van der Waals surface area contributed by atoms with Gasteiger partial charge in [-0.25, -0.2) is 4.39 Å². The van der Waals surface area contributed by atoms with Crippen LogP contribution < -0.4 is 0 Å². The molecule has 2 fully saturated rings. The van der Waals surface area contributed by atoms with E-state index in [9.17, 15) is 14.3 Å². The summed E-state index contributed by atoms with van der Waals surface area (Å²) in [6.45, 7) is 4.16. The molecule has 2 unspecified atom stereocenters. The number of fused-ring (bicyclic) bond motifs is 1. The Morgan fingerprint density at radius 1 is 1.10 bits per heavy atom. The molecular weight excluding hydrogens is 375 g/mol. The first-order valence-electron chi connectivity index (χ1n) is 10.7. The van der Waals surface area contributed by atoms with Crippen molar-refractivity contribution < 1.29 is 14.3 Å². The first kappa shape index (κ1) is 20.6. The topological polar surface area (TPSA) is 37.3 Å². The van der Waals surface area contributed by atoms with Crippen molar-refractivity contribution in [3.05, 3.63) is 76.6 Å². The van der Waals surface area contributed by atoms with Gasteiger partial charge in [0, 0.05) is 22.5 Å². The molecule has 3 heteroatoms. The average molecular weight is 403 g/mol. The van der Waals surface area contributed by atoms with E-state index in [1.807, 2.05) is 37.3 Å². The monoisotopic (exact) mass is 402 g/mol. The predicted octanol–water partition coefficient (Wildman–Crippen LogP) is 5.39. The molecule has 0 radical (unpaired) electrons. The number of halogens is 1. The third-order valence-electron chi connectivity index (χ3n) is 6.93. The molecule has 0 saturated heterocycles. The fraction of sp³-hybridized carbons (Fsp3) is 0.370. The van der Waals surface area contributed by atoms with Crippen molar-refractivity contribution in [1.82, 2.24) is 0 Å². The number of aliphatic hydroxyl groups excluding tert-OH is 1. The van der Waals surface area contributed by atoms with Crippen LogP contribution in [-0.2, 0) is 4.79 Å². The van der Waals surface area contributed by atoms with Crippen LogP contribution in [0.5, 0.6) is 0 Å². The number of Topliss-reactive ketones (excluding diaryl/α,β-unsaturated/α-hetero) is 1. The molecule has 2 aromatic rings. The molecule has 0 amide bonds. The van der Waals surface area contributed by atoms with Crippen molar-refractivity contribution in [1.29, 1.82) is 0 Å². The van der Waals surface area contributed by atoms with E-state index < -0.39 is 0 Å². The Hall–Kier alpha value is -2.70. The Morgan fingerprint density at radius 3 is 2.57 bits per heavy atom. The van der Waals surface area contributed by atoms with Gasteiger partial charge in [-0.15, -0.1) is 0 Å². The summed E-state index contributed by atoms with van der Waals surface area (Å²) < 4.78 is 13.3. The van der Waals surface area contributed by atoms with Gasteiger partial charge in [-0.1, -0.05) is 50.3 Å². The van der Waals surface area contributed by atoms with Crippen molar-refractivity contribution in [3.8, 4) is 11.8 Å². The second-order valence-corrected chi connectivity index (χ2v) is 8.94. The minimum Gasteiger partial charge on any atom is -0.393 e. The molecule has 0 bridgehead atoms. The minimum absolute atomic E-state index is 0.0543. The molecule has 0 aliphatic heterocycles. The standard InChI is InChI=1S/C27H27FO2/c1-18-24-7-4-8-25(29)27(24,2)17-22(26(18)30)15-21-13-10-19(11-14-21)9-12-20-5-3-6-23(28)16-20/h3,5-6,10-11,13-16,18,24-25,29H,4,7-8,17H2,1-2H3/t18?,24?,25-,27-/m0/s1. The quantitative estimate of drug-likeness (QED) is 0.513. The number of benzene rings is 2. The highest BCUT2D eigenvalue weighted by Crippen LogP contribution is 2.53. The average Bonchev–Trinajstić information content (AvgIpc) is 2.73. The highest BCUT2D eigenvalue weighted by Gasteiger charge is 2.51. The number of ketones is 1. The van der Waals surface area contributed by atoms with E-state index in [1.54, 1.807) is 12.1 Å². The fourth-order valence-electron chi connectivity index (χ4n) is 5.18. The molecule has 2 aromatic carbocycles. The number of carbonyl (C=O) groups is 1. The third kappa shape index (κ3) is 3.98. The highest BCUT2D eigenvalue weighted by atomic mass is 19.1. The van der Waals surface area contributed by atoms with Gasteiger partial charge in [-0.05, 0) is 72.7 Å². The van der Waals surface area contributed by atoms with Crippen LogP contribution in [0.15, 0.2) is 54.1 Å². The molecule has 2 saturated carbocycles. The molecule has 0 spiro atoms. The van der Waals surface area contributed by atoms with Gasteiger partial charge >= 0.3 is 0 Å². The van der Waals surface area contributed by atoms with Gasteiger partial charge in [0.1, 0.15) is 5.82 Å². The first-order chi connectivity index (χ1) is 14.4. The van der Waals surface area contributed by atoms with Crippen molar-refractivity contribution in [2.24, 2.45) is 17.3 Å². The number of aliphatic hydroxyl groups is 1. The molecule has 2 aliphatic rings. The maximum Gasteiger partial charge on any atom is 0.161 e. The van der Waals surface area contributed by atoms with Crippen LogP contribution in [-0.4, -0.2) is 17.0 Å². The van der Waals surface area contributed by atoms with Crippen LogP contribution in [0.25, 0.3) is 6.08 Å². The van der Waals surface area contributed by atoms with Crippen molar-refractivity contribution in [3.63, 3.8) is 0 Å². The summed E-state index contributed by atoms with van der Waals surface area (Å²) in [7, 11) is 0. The summed E-state index contributed by atoms with van der Waals surface area (Å²) in [6, 6.07) is 14.0. The normalized spacial score (nSPS) is 29.8. The predicted molar refractivity (Wildman–Crippen MR) is 117 cm³/mol. The fourth-order valence-corrected chi connectivity index (χ4v) is 5.18. The van der Waals surface area contributed by atoms with Crippen molar-refractivity contribution in [2.75, 3.05) is 0 Å². The number of rotatable bonds is 1. The van der Waals surface area contributed by atoms with Gasteiger partial charge in [0.15, 0.2) is 5.78 Å². The van der Waals surface area contributed by atoms with Crippen LogP contribution >= 0.6 is 0 Å².